The fraction of sp³-hybridized carbons (Fsp3) is 0.938. The van der Waals surface area contributed by atoms with E-state index in [-0.39, 0.29) is 11.6 Å². The molecular formula is C16H29NO2. The maximum atomic E-state index is 12.2. The van der Waals surface area contributed by atoms with Crippen molar-refractivity contribution in [1.29, 1.82) is 0 Å². The Morgan fingerprint density at radius 3 is 2.16 bits per heavy atom. The number of likely N-dealkylation sites (tertiary alicyclic amines) is 1. The predicted molar refractivity (Wildman–Crippen MR) is 77.0 cm³/mol. The highest BCUT2D eigenvalue weighted by atomic mass is 16.6. The largest absolute Gasteiger partial charge is 0.457 e. The number of carbonyl (C=O) groups is 1. The summed E-state index contributed by atoms with van der Waals surface area (Å²) in [5.41, 5.74) is -0.584. The summed E-state index contributed by atoms with van der Waals surface area (Å²) in [7, 11) is 0. The molecule has 0 bridgehead atoms. The first kappa shape index (κ1) is 14.8. The molecule has 3 nitrogen and oxygen atoms in total. The summed E-state index contributed by atoms with van der Waals surface area (Å²) >= 11 is 0. The molecular weight excluding hydrogens is 238 g/mol. The standard InChI is InChI=1S/C16H29NO2/c1-15(2,3)14(18)19-16(9-5-6-10-16)13-17-11-7-4-8-12-17/h4-13H2,1-3H3. The molecule has 3 heteroatoms. The van der Waals surface area contributed by atoms with Gasteiger partial charge in [-0.1, -0.05) is 6.42 Å². The monoisotopic (exact) mass is 267 g/mol. The fourth-order valence-corrected chi connectivity index (χ4v) is 3.19. The van der Waals surface area contributed by atoms with Gasteiger partial charge in [-0.15, -0.1) is 0 Å². The van der Waals surface area contributed by atoms with Crippen LogP contribution in [0.2, 0.25) is 0 Å². The molecule has 0 spiro atoms. The predicted octanol–water partition coefficient (Wildman–Crippen LogP) is 3.37. The first-order valence-corrected chi connectivity index (χ1v) is 7.87. The van der Waals surface area contributed by atoms with Gasteiger partial charge in [0.2, 0.25) is 0 Å². The second kappa shape index (κ2) is 5.82. The number of hydrogen-bond donors (Lipinski definition) is 0. The van der Waals surface area contributed by atoms with Crippen LogP contribution >= 0.6 is 0 Å². The van der Waals surface area contributed by atoms with E-state index in [1.165, 1.54) is 45.2 Å². The highest BCUT2D eigenvalue weighted by Crippen LogP contribution is 2.36. The molecule has 1 aliphatic carbocycles. The number of hydrogen-bond acceptors (Lipinski definition) is 3. The van der Waals surface area contributed by atoms with Gasteiger partial charge in [0.1, 0.15) is 5.60 Å². The summed E-state index contributed by atoms with van der Waals surface area (Å²) in [6.07, 6.45) is 8.44. The van der Waals surface area contributed by atoms with Crippen LogP contribution in [0.5, 0.6) is 0 Å². The third kappa shape index (κ3) is 3.95. The van der Waals surface area contributed by atoms with Crippen LogP contribution in [0.1, 0.15) is 65.7 Å². The average Bonchev–Trinajstić information content (AvgIpc) is 2.77. The number of rotatable bonds is 3. The SMILES string of the molecule is CC(C)(C)C(=O)OC1(CN2CCCCC2)CCCC1. The molecule has 0 aromatic rings. The van der Waals surface area contributed by atoms with E-state index in [0.29, 0.717) is 0 Å². The zero-order valence-corrected chi connectivity index (χ0v) is 12.8. The van der Waals surface area contributed by atoms with E-state index in [9.17, 15) is 4.79 Å². The van der Waals surface area contributed by atoms with Crippen LogP contribution in [-0.2, 0) is 9.53 Å². The Morgan fingerprint density at radius 2 is 1.63 bits per heavy atom. The van der Waals surface area contributed by atoms with E-state index in [1.54, 1.807) is 0 Å². The number of piperidine rings is 1. The van der Waals surface area contributed by atoms with Gasteiger partial charge in [0.15, 0.2) is 0 Å². The first-order chi connectivity index (χ1) is 8.91. The third-order valence-corrected chi connectivity index (χ3v) is 4.40. The van der Waals surface area contributed by atoms with E-state index < -0.39 is 5.41 Å². The summed E-state index contributed by atoms with van der Waals surface area (Å²) in [4.78, 5) is 14.7. The van der Waals surface area contributed by atoms with E-state index in [2.05, 4.69) is 4.90 Å². The van der Waals surface area contributed by atoms with Crippen molar-refractivity contribution in [2.45, 2.75) is 71.3 Å². The zero-order valence-electron chi connectivity index (χ0n) is 12.8. The van der Waals surface area contributed by atoms with E-state index in [4.69, 9.17) is 4.74 Å². The molecule has 1 saturated carbocycles. The molecule has 0 atom stereocenters. The lowest BCUT2D eigenvalue weighted by molar-refractivity contribution is -0.171. The lowest BCUT2D eigenvalue weighted by Gasteiger charge is -2.38. The summed E-state index contributed by atoms with van der Waals surface area (Å²) < 4.78 is 5.99. The van der Waals surface area contributed by atoms with Crippen molar-refractivity contribution in [3.63, 3.8) is 0 Å². The Kier molecular flexibility index (Phi) is 4.54. The van der Waals surface area contributed by atoms with E-state index in [1.807, 2.05) is 20.8 Å². The molecule has 0 unspecified atom stereocenters. The van der Waals surface area contributed by atoms with Crippen molar-refractivity contribution >= 4 is 5.97 Å². The molecule has 0 N–H and O–H groups in total. The van der Waals surface area contributed by atoms with Gasteiger partial charge in [0.05, 0.1) is 5.41 Å². The van der Waals surface area contributed by atoms with Crippen LogP contribution in [0.4, 0.5) is 0 Å². The van der Waals surface area contributed by atoms with Gasteiger partial charge in [0, 0.05) is 6.54 Å². The van der Waals surface area contributed by atoms with Crippen LogP contribution in [0.25, 0.3) is 0 Å². The van der Waals surface area contributed by atoms with Gasteiger partial charge in [-0.05, 0) is 72.4 Å². The first-order valence-electron chi connectivity index (χ1n) is 7.87. The molecule has 110 valence electrons. The van der Waals surface area contributed by atoms with Crippen LogP contribution in [0, 0.1) is 5.41 Å². The Hall–Kier alpha value is -0.570. The highest BCUT2D eigenvalue weighted by molar-refractivity contribution is 5.75. The number of nitrogens with zero attached hydrogens (tertiary/aromatic N) is 1. The lowest BCUT2D eigenvalue weighted by Crippen LogP contribution is -2.47. The van der Waals surface area contributed by atoms with Crippen LogP contribution < -0.4 is 0 Å². The fourth-order valence-electron chi connectivity index (χ4n) is 3.19. The molecule has 1 saturated heterocycles. The summed E-state index contributed by atoms with van der Waals surface area (Å²) in [6, 6.07) is 0. The van der Waals surface area contributed by atoms with Gasteiger partial charge in [-0.2, -0.15) is 0 Å². The number of carbonyl (C=O) groups excluding carboxylic acids is 1. The zero-order chi connectivity index (χ0) is 13.9. The molecule has 0 aromatic heterocycles. The lowest BCUT2D eigenvalue weighted by atomic mass is 9.95. The molecule has 19 heavy (non-hydrogen) atoms. The molecule has 0 aromatic carbocycles. The Bertz CT molecular complexity index is 307. The normalized spacial score (nSPS) is 24.4. The Morgan fingerprint density at radius 1 is 1.05 bits per heavy atom. The molecule has 0 radical (unpaired) electrons. The summed E-state index contributed by atoms with van der Waals surface area (Å²) in [5, 5.41) is 0. The van der Waals surface area contributed by atoms with Gasteiger partial charge in [0.25, 0.3) is 0 Å². The van der Waals surface area contributed by atoms with E-state index in [0.717, 1.165) is 19.4 Å². The minimum Gasteiger partial charge on any atom is -0.457 e. The van der Waals surface area contributed by atoms with Crippen molar-refractivity contribution in [3.05, 3.63) is 0 Å². The maximum absolute atomic E-state index is 12.2. The second-order valence-electron chi connectivity index (χ2n) is 7.37. The number of esters is 1. The van der Waals surface area contributed by atoms with Crippen LogP contribution in [0.3, 0.4) is 0 Å². The maximum Gasteiger partial charge on any atom is 0.311 e. The second-order valence-corrected chi connectivity index (χ2v) is 7.37. The topological polar surface area (TPSA) is 29.5 Å². The van der Waals surface area contributed by atoms with Gasteiger partial charge in [-0.3, -0.25) is 9.69 Å². The van der Waals surface area contributed by atoms with Crippen molar-refractivity contribution in [2.75, 3.05) is 19.6 Å². The van der Waals surface area contributed by atoms with Crippen molar-refractivity contribution in [2.24, 2.45) is 5.41 Å². The van der Waals surface area contributed by atoms with E-state index >= 15 is 0 Å². The van der Waals surface area contributed by atoms with Crippen molar-refractivity contribution in [1.82, 2.24) is 4.90 Å². The molecule has 2 fully saturated rings. The van der Waals surface area contributed by atoms with Crippen molar-refractivity contribution in [3.8, 4) is 0 Å². The minimum absolute atomic E-state index is 0.0357. The molecule has 1 heterocycles. The summed E-state index contributed by atoms with van der Waals surface area (Å²) in [6.45, 7) is 9.13. The van der Waals surface area contributed by atoms with Gasteiger partial charge in [-0.25, -0.2) is 0 Å². The number of ether oxygens (including phenoxy) is 1. The Balaban J connectivity index is 1.99. The van der Waals surface area contributed by atoms with Gasteiger partial charge < -0.3 is 4.74 Å². The molecule has 1 aliphatic heterocycles. The quantitative estimate of drug-likeness (QED) is 0.734. The van der Waals surface area contributed by atoms with Crippen LogP contribution in [0.15, 0.2) is 0 Å². The molecule has 0 amide bonds. The van der Waals surface area contributed by atoms with Crippen LogP contribution in [-0.4, -0.2) is 36.1 Å². The van der Waals surface area contributed by atoms with Gasteiger partial charge >= 0.3 is 5.97 Å². The Labute approximate surface area is 117 Å². The molecule has 2 aliphatic rings. The smallest absolute Gasteiger partial charge is 0.311 e. The summed E-state index contributed by atoms with van der Waals surface area (Å²) in [5.74, 6) is -0.0357. The minimum atomic E-state index is -0.391. The van der Waals surface area contributed by atoms with Crippen molar-refractivity contribution < 1.29 is 9.53 Å². The molecule has 2 rings (SSSR count). The average molecular weight is 267 g/mol. The third-order valence-electron chi connectivity index (χ3n) is 4.40. The highest BCUT2D eigenvalue weighted by Gasteiger charge is 2.41.